The molecule has 0 saturated carbocycles. The highest BCUT2D eigenvalue weighted by Crippen LogP contribution is 2.32. The van der Waals surface area contributed by atoms with E-state index in [9.17, 15) is 26.7 Å². The van der Waals surface area contributed by atoms with Crippen molar-refractivity contribution in [1.29, 1.82) is 0 Å². The molecule has 0 aromatic heterocycles. The maximum atomic E-state index is 12.7. The smallest absolute Gasteiger partial charge is 0.337 e. The molecule has 134 valence electrons. The van der Waals surface area contributed by atoms with Crippen LogP contribution in [0.5, 0.6) is 0 Å². The second kappa shape index (κ2) is 6.43. The van der Waals surface area contributed by atoms with Crippen molar-refractivity contribution in [1.82, 2.24) is 4.31 Å². The summed E-state index contributed by atoms with van der Waals surface area (Å²) in [5.41, 5.74) is -0.465. The van der Waals surface area contributed by atoms with Gasteiger partial charge in [-0.3, -0.25) is 0 Å². The predicted molar refractivity (Wildman–Crippen MR) is 86.8 cm³/mol. The van der Waals surface area contributed by atoms with Gasteiger partial charge in [0.05, 0.1) is 39.3 Å². The van der Waals surface area contributed by atoms with Crippen molar-refractivity contribution in [2.45, 2.75) is 17.0 Å². The van der Waals surface area contributed by atoms with Crippen LogP contribution in [0.4, 0.5) is 0 Å². The monoisotopic (exact) mass is 417 g/mol. The SMILES string of the molecule is CN(C1CS(=O)(=O)CC1O)S(=O)(=O)c1cc(C(=O)O)c(Cl)cc1Cl. The number of hydrogen-bond acceptors (Lipinski definition) is 6. The Morgan fingerprint density at radius 3 is 2.29 bits per heavy atom. The molecule has 1 fully saturated rings. The van der Waals surface area contributed by atoms with Crippen LogP contribution >= 0.6 is 23.2 Å². The van der Waals surface area contributed by atoms with Crippen LogP contribution in [0.1, 0.15) is 10.4 Å². The second-order valence-corrected chi connectivity index (χ2v) is 10.2. The van der Waals surface area contributed by atoms with E-state index in [-0.39, 0.29) is 10.0 Å². The van der Waals surface area contributed by atoms with Crippen molar-refractivity contribution in [3.05, 3.63) is 27.7 Å². The van der Waals surface area contributed by atoms with Gasteiger partial charge in [0.15, 0.2) is 9.84 Å². The molecule has 8 nitrogen and oxygen atoms in total. The van der Waals surface area contributed by atoms with E-state index < -0.39 is 59.9 Å². The number of carbonyl (C=O) groups is 1. The molecule has 1 saturated heterocycles. The normalized spacial score (nSPS) is 23.5. The summed E-state index contributed by atoms with van der Waals surface area (Å²) in [5, 5.41) is 18.3. The highest BCUT2D eigenvalue weighted by atomic mass is 35.5. The zero-order valence-corrected chi connectivity index (χ0v) is 15.3. The van der Waals surface area contributed by atoms with Crippen molar-refractivity contribution in [2.75, 3.05) is 18.6 Å². The third-order valence-corrected chi connectivity index (χ3v) is 8.03. The molecule has 1 aliphatic heterocycles. The van der Waals surface area contributed by atoms with Crippen LogP contribution in [0.15, 0.2) is 17.0 Å². The third kappa shape index (κ3) is 3.53. The summed E-state index contributed by atoms with van der Waals surface area (Å²) in [5.74, 6) is -2.54. The molecule has 0 amide bonds. The fraction of sp³-hybridized carbons (Fsp3) is 0.417. The Morgan fingerprint density at radius 2 is 1.83 bits per heavy atom. The number of aliphatic hydroxyl groups excluding tert-OH is 1. The number of benzene rings is 1. The number of aliphatic hydroxyl groups is 1. The molecule has 1 aromatic rings. The van der Waals surface area contributed by atoms with E-state index in [1.807, 2.05) is 0 Å². The van der Waals surface area contributed by atoms with E-state index in [1.54, 1.807) is 0 Å². The summed E-state index contributed by atoms with van der Waals surface area (Å²) in [6.07, 6.45) is -1.39. The molecule has 0 spiro atoms. The van der Waals surface area contributed by atoms with E-state index in [0.29, 0.717) is 4.31 Å². The Bertz CT molecular complexity index is 898. The number of carboxylic acids is 1. The minimum Gasteiger partial charge on any atom is -0.478 e. The van der Waals surface area contributed by atoms with E-state index >= 15 is 0 Å². The van der Waals surface area contributed by atoms with Gasteiger partial charge >= 0.3 is 5.97 Å². The van der Waals surface area contributed by atoms with Crippen molar-refractivity contribution in [2.24, 2.45) is 0 Å². The molecule has 1 heterocycles. The topological polar surface area (TPSA) is 129 Å². The number of hydrogen-bond donors (Lipinski definition) is 2. The predicted octanol–water partition coefficient (Wildman–Crippen LogP) is 0.470. The zero-order chi connectivity index (χ0) is 18.4. The van der Waals surface area contributed by atoms with Gasteiger partial charge in [0.2, 0.25) is 10.0 Å². The first kappa shape index (κ1) is 19.4. The van der Waals surface area contributed by atoms with Gasteiger partial charge in [-0.15, -0.1) is 0 Å². The Balaban J connectivity index is 2.51. The lowest BCUT2D eigenvalue weighted by Crippen LogP contribution is -2.44. The summed E-state index contributed by atoms with van der Waals surface area (Å²) in [7, 11) is -6.84. The molecular weight excluding hydrogens is 405 g/mol. The van der Waals surface area contributed by atoms with Gasteiger partial charge < -0.3 is 10.2 Å². The summed E-state index contributed by atoms with van der Waals surface area (Å²) in [6.45, 7) is 0. The molecule has 2 atom stereocenters. The van der Waals surface area contributed by atoms with Crippen molar-refractivity contribution in [3.63, 3.8) is 0 Å². The number of rotatable bonds is 4. The Labute approximate surface area is 148 Å². The van der Waals surface area contributed by atoms with Gasteiger partial charge in [-0.1, -0.05) is 23.2 Å². The Hall–Kier alpha value is -0.910. The number of halogens is 2. The first-order valence-electron chi connectivity index (χ1n) is 6.45. The first-order chi connectivity index (χ1) is 10.9. The fourth-order valence-corrected chi connectivity index (χ4v) is 6.53. The minimum atomic E-state index is -4.35. The highest BCUT2D eigenvalue weighted by molar-refractivity contribution is 7.92. The van der Waals surface area contributed by atoms with Crippen LogP contribution in [0.25, 0.3) is 0 Å². The van der Waals surface area contributed by atoms with Gasteiger partial charge in [-0.2, -0.15) is 4.31 Å². The maximum Gasteiger partial charge on any atom is 0.337 e. The molecule has 2 rings (SSSR count). The van der Waals surface area contributed by atoms with E-state index in [1.165, 1.54) is 0 Å². The van der Waals surface area contributed by atoms with Crippen LogP contribution < -0.4 is 0 Å². The standard InChI is InChI=1S/C12H13Cl2NO7S2/c1-15(9-4-23(19,20)5-10(9)16)24(21,22)11-2-6(12(17)18)7(13)3-8(11)14/h2-3,9-10,16H,4-5H2,1H3,(H,17,18). The average molecular weight is 418 g/mol. The first-order valence-corrected chi connectivity index (χ1v) is 10.5. The molecule has 0 bridgehead atoms. The lowest BCUT2D eigenvalue weighted by molar-refractivity contribution is 0.0696. The number of aromatic carboxylic acids is 1. The average Bonchev–Trinajstić information content (AvgIpc) is 2.70. The molecule has 0 radical (unpaired) electrons. The van der Waals surface area contributed by atoms with Crippen LogP contribution in [-0.2, 0) is 19.9 Å². The van der Waals surface area contributed by atoms with Crippen LogP contribution in [0.3, 0.4) is 0 Å². The maximum absolute atomic E-state index is 12.7. The number of likely N-dealkylation sites (N-methyl/N-ethyl adjacent to an activating group) is 1. The summed E-state index contributed by atoms with van der Waals surface area (Å²) in [4.78, 5) is 10.6. The number of nitrogens with zero attached hydrogens (tertiary/aromatic N) is 1. The Morgan fingerprint density at radius 1 is 1.25 bits per heavy atom. The largest absolute Gasteiger partial charge is 0.478 e. The van der Waals surface area contributed by atoms with Crippen LogP contribution in [0, 0.1) is 0 Å². The zero-order valence-electron chi connectivity index (χ0n) is 12.2. The van der Waals surface area contributed by atoms with Gasteiger partial charge in [0, 0.05) is 7.05 Å². The minimum absolute atomic E-state index is 0.238. The van der Waals surface area contributed by atoms with Crippen LogP contribution in [0.2, 0.25) is 10.0 Å². The van der Waals surface area contributed by atoms with Gasteiger partial charge in [0.1, 0.15) is 4.90 Å². The molecule has 1 aromatic carbocycles. The van der Waals surface area contributed by atoms with Gasteiger partial charge in [-0.25, -0.2) is 21.6 Å². The lowest BCUT2D eigenvalue weighted by atomic mass is 10.2. The summed E-state index contributed by atoms with van der Waals surface area (Å²) in [6, 6.07) is 0.587. The van der Waals surface area contributed by atoms with E-state index in [0.717, 1.165) is 19.2 Å². The summed E-state index contributed by atoms with van der Waals surface area (Å²) >= 11 is 11.6. The van der Waals surface area contributed by atoms with Gasteiger partial charge in [-0.05, 0) is 12.1 Å². The second-order valence-electron chi connectivity index (χ2n) is 5.30. The highest BCUT2D eigenvalue weighted by Gasteiger charge is 2.43. The lowest BCUT2D eigenvalue weighted by Gasteiger charge is -2.25. The molecule has 24 heavy (non-hydrogen) atoms. The van der Waals surface area contributed by atoms with E-state index in [2.05, 4.69) is 0 Å². The molecular formula is C12H13Cl2NO7S2. The van der Waals surface area contributed by atoms with Gasteiger partial charge in [0.25, 0.3) is 0 Å². The van der Waals surface area contributed by atoms with Crippen molar-refractivity contribution >= 4 is 49.0 Å². The fourth-order valence-electron chi connectivity index (χ4n) is 2.38. The Kier molecular flexibility index (Phi) is 5.20. The van der Waals surface area contributed by atoms with Crippen LogP contribution in [-0.4, -0.2) is 68.0 Å². The number of sulfonamides is 1. The molecule has 1 aliphatic rings. The molecule has 12 heteroatoms. The molecule has 2 unspecified atom stereocenters. The number of carboxylic acid groups (broad SMARTS) is 1. The third-order valence-electron chi connectivity index (χ3n) is 3.67. The summed E-state index contributed by atoms with van der Waals surface area (Å²) < 4.78 is 49.2. The molecule has 0 aliphatic carbocycles. The molecule has 2 N–H and O–H groups in total. The number of sulfone groups is 1. The van der Waals surface area contributed by atoms with Crippen molar-refractivity contribution in [3.8, 4) is 0 Å². The van der Waals surface area contributed by atoms with E-state index in [4.69, 9.17) is 28.3 Å². The quantitative estimate of drug-likeness (QED) is 0.727. The van der Waals surface area contributed by atoms with Crippen molar-refractivity contribution < 1.29 is 31.8 Å².